The number of aromatic hydroxyl groups is 2. The van der Waals surface area contributed by atoms with Crippen LogP contribution < -0.4 is 20.8 Å². The van der Waals surface area contributed by atoms with Gasteiger partial charge in [-0.1, -0.05) is 51.1 Å². The first-order valence-corrected chi connectivity index (χ1v) is 20.5. The lowest BCUT2D eigenvalue weighted by molar-refractivity contribution is -0.160. The van der Waals surface area contributed by atoms with Crippen molar-refractivity contribution in [3.63, 3.8) is 0 Å². The highest BCUT2D eigenvalue weighted by Crippen LogP contribution is 2.50. The predicted octanol–water partition coefficient (Wildman–Crippen LogP) is 3.76. The fourth-order valence-electron chi connectivity index (χ4n) is 8.93. The quantitative estimate of drug-likeness (QED) is 0.110. The van der Waals surface area contributed by atoms with Crippen molar-refractivity contribution in [2.24, 2.45) is 38.8 Å². The summed E-state index contributed by atoms with van der Waals surface area (Å²) in [7, 11) is 3.51. The van der Waals surface area contributed by atoms with E-state index < -0.39 is 77.0 Å². The number of piperidine rings is 1. The first kappa shape index (κ1) is 44.5. The molecule has 1 saturated heterocycles. The highest BCUT2D eigenvalue weighted by molar-refractivity contribution is 6.21. The van der Waals surface area contributed by atoms with Gasteiger partial charge in [-0.15, -0.1) is 0 Å². The molecule has 4 aliphatic rings. The lowest BCUT2D eigenvalue weighted by atomic mass is 9.78. The predicted molar refractivity (Wildman–Crippen MR) is 223 cm³/mol. The van der Waals surface area contributed by atoms with Gasteiger partial charge in [0.2, 0.25) is 0 Å². The number of hydrogen-bond donors (Lipinski definition) is 6. The van der Waals surface area contributed by atoms with E-state index in [-0.39, 0.29) is 67.6 Å². The van der Waals surface area contributed by atoms with E-state index in [1.807, 2.05) is 7.05 Å². The molecule has 4 bridgehead atoms. The molecule has 9 atom stereocenters. The zero-order valence-corrected chi connectivity index (χ0v) is 36.0. The maximum absolute atomic E-state index is 13.9. The van der Waals surface area contributed by atoms with E-state index in [9.17, 15) is 35.2 Å². The Labute approximate surface area is 349 Å². The van der Waals surface area contributed by atoms with Crippen LogP contribution in [0.4, 0.5) is 5.69 Å². The number of aliphatic hydroxyl groups is 2. The smallest absolute Gasteiger partial charge is 0.302 e. The number of amides is 1. The third kappa shape index (κ3) is 7.97. The van der Waals surface area contributed by atoms with Crippen molar-refractivity contribution in [1.29, 1.82) is 0 Å². The van der Waals surface area contributed by atoms with Gasteiger partial charge in [-0.2, -0.15) is 0 Å². The SMILES string of the molecule is CO[C@H]1/C=C/O[C@@]2(C)Oc3c(C)c(O)c4c(O)c(c5c(c4c3/C2=N/O)=NC2(CCN(C)CC2)CN=5)NC(=O)/C(C)=C\C=C\[C@H](C)[C@H](O)[C@@H](C)[C@@H](O)[C@@H](C)[C@H](OC(C)=O)[C@@H]1C. The summed E-state index contributed by atoms with van der Waals surface area (Å²) in [6, 6.07) is 0. The average molecular weight is 834 g/mol. The zero-order chi connectivity index (χ0) is 44.0. The van der Waals surface area contributed by atoms with Crippen LogP contribution in [-0.2, 0) is 23.8 Å². The molecule has 0 saturated carbocycles. The molecule has 0 aliphatic carbocycles. The molecule has 0 aromatic heterocycles. The summed E-state index contributed by atoms with van der Waals surface area (Å²) in [5.41, 5.74) is -0.108. The maximum Gasteiger partial charge on any atom is 0.302 e. The Kier molecular flexibility index (Phi) is 12.7. The van der Waals surface area contributed by atoms with Crippen LogP contribution in [0.15, 0.2) is 51.3 Å². The number of oxime groups is 1. The van der Waals surface area contributed by atoms with Crippen molar-refractivity contribution in [3.8, 4) is 17.2 Å². The normalized spacial score (nSPS) is 33.8. The molecular formula is C44H59N5O11. The average Bonchev–Trinajstić information content (AvgIpc) is 3.52. The molecule has 4 aliphatic heterocycles. The first-order valence-electron chi connectivity index (χ1n) is 20.5. The summed E-state index contributed by atoms with van der Waals surface area (Å²) in [4.78, 5) is 38.8. The minimum absolute atomic E-state index is 0.0503. The Morgan fingerprint density at radius 1 is 1.00 bits per heavy atom. The molecule has 60 heavy (non-hydrogen) atoms. The van der Waals surface area contributed by atoms with Gasteiger partial charge in [-0.3, -0.25) is 19.6 Å². The molecule has 0 unspecified atom stereocenters. The number of methoxy groups -OCH3 is 1. The summed E-state index contributed by atoms with van der Waals surface area (Å²) in [6.07, 6.45) is 5.39. The number of nitrogens with one attached hydrogen (secondary N) is 1. The number of fused-ring (bicyclic) bond motifs is 1. The van der Waals surface area contributed by atoms with E-state index >= 15 is 0 Å². The molecule has 2 aromatic rings. The fraction of sp³-hybridized carbons (Fsp3) is 0.568. The Bertz CT molecular complexity index is 2280. The number of hydrogen-bond acceptors (Lipinski definition) is 15. The number of anilines is 1. The Morgan fingerprint density at radius 2 is 1.68 bits per heavy atom. The number of aliphatic hydroxyl groups excluding tert-OH is 2. The first-order chi connectivity index (χ1) is 28.3. The van der Waals surface area contributed by atoms with Crippen LogP contribution in [0.2, 0.25) is 0 Å². The summed E-state index contributed by atoms with van der Waals surface area (Å²) in [5, 5.41) is 64.8. The number of likely N-dealkylation sites (tertiary alicyclic amines) is 1. The van der Waals surface area contributed by atoms with E-state index in [1.165, 1.54) is 27.2 Å². The monoisotopic (exact) mass is 833 g/mol. The van der Waals surface area contributed by atoms with E-state index in [2.05, 4.69) is 15.4 Å². The van der Waals surface area contributed by atoms with Crippen molar-refractivity contribution >= 4 is 34.0 Å². The fourth-order valence-corrected chi connectivity index (χ4v) is 8.93. The number of allylic oxidation sites excluding steroid dienone is 2. The number of benzene rings is 2. The Hall–Kier alpha value is -5.03. The third-order valence-electron chi connectivity index (χ3n) is 12.9. The number of carbonyl (C=O) groups is 2. The molecule has 1 amide bonds. The number of phenols is 2. The number of rotatable bonds is 2. The lowest BCUT2D eigenvalue weighted by Gasteiger charge is -2.38. The number of phenolic OH excluding ortho intramolecular Hbond substituents is 2. The second-order valence-electron chi connectivity index (χ2n) is 17.1. The molecule has 6 N–H and O–H groups in total. The molecule has 1 fully saturated rings. The highest BCUT2D eigenvalue weighted by Gasteiger charge is 2.49. The van der Waals surface area contributed by atoms with Gasteiger partial charge in [0, 0.05) is 74.2 Å². The van der Waals surface area contributed by atoms with Gasteiger partial charge in [0.05, 0.1) is 53.0 Å². The molecule has 16 heteroatoms. The van der Waals surface area contributed by atoms with Crippen molar-refractivity contribution in [1.82, 2.24) is 4.90 Å². The number of carbonyl (C=O) groups excluding carboxylic acids is 2. The van der Waals surface area contributed by atoms with Crippen LogP contribution >= 0.6 is 0 Å². The summed E-state index contributed by atoms with van der Waals surface area (Å²) < 4.78 is 24.3. The summed E-state index contributed by atoms with van der Waals surface area (Å²) in [5.74, 6) is -6.00. The van der Waals surface area contributed by atoms with Gasteiger partial charge >= 0.3 is 5.97 Å². The minimum Gasteiger partial charge on any atom is -0.507 e. The number of esters is 1. The van der Waals surface area contributed by atoms with Crippen molar-refractivity contribution in [3.05, 3.63) is 58.0 Å². The van der Waals surface area contributed by atoms with E-state index in [0.717, 1.165) is 13.1 Å². The molecule has 4 heterocycles. The van der Waals surface area contributed by atoms with Crippen LogP contribution in [0.1, 0.15) is 72.4 Å². The van der Waals surface area contributed by atoms with Gasteiger partial charge in [-0.25, -0.2) is 0 Å². The molecule has 16 nitrogen and oxygen atoms in total. The second kappa shape index (κ2) is 17.1. The maximum atomic E-state index is 13.9. The highest BCUT2D eigenvalue weighted by atomic mass is 16.7. The lowest BCUT2D eigenvalue weighted by Crippen LogP contribution is -2.50. The van der Waals surface area contributed by atoms with E-state index in [1.54, 1.807) is 65.8 Å². The van der Waals surface area contributed by atoms with Crippen LogP contribution in [0, 0.1) is 30.6 Å². The van der Waals surface area contributed by atoms with Gasteiger partial charge in [0.15, 0.2) is 11.5 Å². The van der Waals surface area contributed by atoms with Gasteiger partial charge in [0.1, 0.15) is 28.6 Å². The second-order valence-corrected chi connectivity index (χ2v) is 17.1. The van der Waals surface area contributed by atoms with Crippen molar-refractivity contribution in [2.75, 3.05) is 39.1 Å². The van der Waals surface area contributed by atoms with Crippen LogP contribution in [-0.4, -0.2) is 118 Å². The largest absolute Gasteiger partial charge is 0.507 e. The van der Waals surface area contributed by atoms with E-state index in [0.29, 0.717) is 12.8 Å². The van der Waals surface area contributed by atoms with Gasteiger partial charge < -0.3 is 54.8 Å². The van der Waals surface area contributed by atoms with E-state index in [4.69, 9.17) is 28.9 Å². The van der Waals surface area contributed by atoms with Crippen molar-refractivity contribution < 1.29 is 54.2 Å². The van der Waals surface area contributed by atoms with Crippen LogP contribution in [0.25, 0.3) is 10.8 Å². The minimum atomic E-state index is -1.81. The number of ether oxygens (including phenoxy) is 4. The van der Waals surface area contributed by atoms with Gasteiger partial charge in [-0.05, 0) is 39.8 Å². The molecule has 326 valence electrons. The number of nitrogens with zero attached hydrogens (tertiary/aromatic N) is 4. The van der Waals surface area contributed by atoms with Crippen molar-refractivity contribution in [2.45, 2.75) is 104 Å². The molecule has 2 aromatic carbocycles. The summed E-state index contributed by atoms with van der Waals surface area (Å²) >= 11 is 0. The Balaban J connectivity index is 1.59. The van der Waals surface area contributed by atoms with Gasteiger partial charge in [0.25, 0.3) is 11.7 Å². The Morgan fingerprint density at radius 3 is 2.32 bits per heavy atom. The summed E-state index contributed by atoms with van der Waals surface area (Å²) in [6.45, 7) is 14.8. The zero-order valence-electron chi connectivity index (χ0n) is 36.0. The third-order valence-corrected chi connectivity index (χ3v) is 12.9. The van der Waals surface area contributed by atoms with Crippen LogP contribution in [0.5, 0.6) is 17.2 Å². The molecular weight excluding hydrogens is 775 g/mol. The molecule has 6 rings (SSSR count). The molecule has 1 spiro atoms. The van der Waals surface area contributed by atoms with Crippen LogP contribution in [0.3, 0.4) is 0 Å². The standard InChI is InChI=1S/C44H59N5O11/c1-21-12-11-13-22(2)42(55)46-34-33-32(47-44(20-45-33)15-17-49(9)18-16-44)29-30(38(34)54)37(53)26(6)40-31(29)41(48-56)43(8,60-40)58-19-14-28(57-10)23(3)39(59-27(7)50)25(5)36(52)24(4)35(21)51/h11-14,19,21,23-25,28,35-36,39,51-54,56H,15-18,20H2,1-10H3,(H,46,55)/b12-11+,19-14+,22-13-,48-41-/t21-,23+,24+,25+,28-,35-,36+,39+,43-/m0/s1. The molecule has 0 radical (unpaired) electrons. The topological polar surface area (TPSA) is 225 Å².